The predicted octanol–water partition coefficient (Wildman–Crippen LogP) is 2.10. The molecule has 0 saturated carbocycles. The predicted molar refractivity (Wildman–Crippen MR) is 107 cm³/mol. The molecule has 0 aromatic heterocycles. The van der Waals surface area contributed by atoms with E-state index in [4.69, 9.17) is 0 Å². The lowest BCUT2D eigenvalue weighted by atomic mass is 10.2. The van der Waals surface area contributed by atoms with Crippen molar-refractivity contribution in [2.75, 3.05) is 56.6 Å². The molecular formula is C20H32N4O2. The third kappa shape index (κ3) is 6.33. The van der Waals surface area contributed by atoms with Crippen molar-refractivity contribution in [3.63, 3.8) is 0 Å². The van der Waals surface area contributed by atoms with Gasteiger partial charge in [-0.25, -0.2) is 0 Å². The Morgan fingerprint density at radius 2 is 1.73 bits per heavy atom. The summed E-state index contributed by atoms with van der Waals surface area (Å²) in [7, 11) is 4.03. The fraction of sp³-hybridized carbons (Fsp3) is 0.600. The van der Waals surface area contributed by atoms with E-state index in [-0.39, 0.29) is 11.8 Å². The number of nitrogens with zero attached hydrogens (tertiary/aromatic N) is 3. The summed E-state index contributed by atoms with van der Waals surface area (Å²) in [5, 5.41) is 2.92. The van der Waals surface area contributed by atoms with Crippen LogP contribution in [0.5, 0.6) is 0 Å². The Hall–Kier alpha value is -2.08. The summed E-state index contributed by atoms with van der Waals surface area (Å²) in [6, 6.07) is 8.09. The van der Waals surface area contributed by atoms with Crippen molar-refractivity contribution < 1.29 is 9.59 Å². The van der Waals surface area contributed by atoms with Crippen molar-refractivity contribution in [1.82, 2.24) is 10.2 Å². The summed E-state index contributed by atoms with van der Waals surface area (Å²) in [5.74, 6) is -0.0528. The van der Waals surface area contributed by atoms with E-state index in [1.807, 2.05) is 26.2 Å². The van der Waals surface area contributed by atoms with Gasteiger partial charge in [0, 0.05) is 50.9 Å². The minimum atomic E-state index is -0.0423. The third-order valence-electron chi connectivity index (χ3n) is 4.68. The number of hydrogen-bond donors (Lipinski definition) is 1. The van der Waals surface area contributed by atoms with Gasteiger partial charge < -0.3 is 20.0 Å². The molecule has 0 unspecified atom stereocenters. The zero-order valence-corrected chi connectivity index (χ0v) is 16.3. The fourth-order valence-electron chi connectivity index (χ4n) is 3.21. The van der Waals surface area contributed by atoms with Crippen LogP contribution in [0.15, 0.2) is 24.3 Å². The molecule has 0 aliphatic carbocycles. The molecule has 2 amide bonds. The molecule has 0 radical (unpaired) electrons. The first-order valence-corrected chi connectivity index (χ1v) is 9.52. The molecule has 0 bridgehead atoms. The lowest BCUT2D eigenvalue weighted by Gasteiger charge is -2.23. The van der Waals surface area contributed by atoms with Crippen molar-refractivity contribution >= 4 is 23.2 Å². The molecule has 26 heavy (non-hydrogen) atoms. The first-order chi connectivity index (χ1) is 12.5. The molecular weight excluding hydrogens is 328 g/mol. The second-order valence-corrected chi connectivity index (χ2v) is 7.14. The van der Waals surface area contributed by atoms with E-state index in [0.717, 1.165) is 31.7 Å². The summed E-state index contributed by atoms with van der Waals surface area (Å²) in [6.45, 7) is 5.76. The van der Waals surface area contributed by atoms with E-state index < -0.39 is 0 Å². The SMILES string of the molecule is CC(=O)N(CCC(=O)NCCCN(C)C)c1ccc(N2CCCC2)cc1. The first kappa shape index (κ1) is 20.2. The summed E-state index contributed by atoms with van der Waals surface area (Å²) < 4.78 is 0. The maximum Gasteiger partial charge on any atom is 0.223 e. The molecule has 0 atom stereocenters. The largest absolute Gasteiger partial charge is 0.372 e. The van der Waals surface area contributed by atoms with Crippen molar-refractivity contribution in [3.05, 3.63) is 24.3 Å². The van der Waals surface area contributed by atoms with Crippen LogP contribution in [-0.4, -0.2) is 63.5 Å². The Bertz CT molecular complexity index is 580. The number of rotatable bonds is 9. The minimum Gasteiger partial charge on any atom is -0.372 e. The van der Waals surface area contributed by atoms with Crippen LogP contribution in [0.4, 0.5) is 11.4 Å². The Morgan fingerprint density at radius 3 is 2.31 bits per heavy atom. The maximum absolute atomic E-state index is 12.0. The van der Waals surface area contributed by atoms with Crippen LogP contribution in [0.25, 0.3) is 0 Å². The smallest absolute Gasteiger partial charge is 0.223 e. The summed E-state index contributed by atoms with van der Waals surface area (Å²) in [6.07, 6.45) is 3.72. The van der Waals surface area contributed by atoms with Crippen molar-refractivity contribution in [2.24, 2.45) is 0 Å². The van der Waals surface area contributed by atoms with Crippen LogP contribution in [-0.2, 0) is 9.59 Å². The van der Waals surface area contributed by atoms with Gasteiger partial charge in [0.05, 0.1) is 0 Å². The molecule has 0 spiro atoms. The Balaban J connectivity index is 1.84. The van der Waals surface area contributed by atoms with E-state index in [0.29, 0.717) is 19.5 Å². The van der Waals surface area contributed by atoms with Crippen LogP contribution in [0.3, 0.4) is 0 Å². The van der Waals surface area contributed by atoms with Gasteiger partial charge in [-0.1, -0.05) is 0 Å². The minimum absolute atomic E-state index is 0.0105. The van der Waals surface area contributed by atoms with Gasteiger partial charge in [0.15, 0.2) is 0 Å². The van der Waals surface area contributed by atoms with E-state index in [9.17, 15) is 9.59 Å². The van der Waals surface area contributed by atoms with Gasteiger partial charge in [-0.2, -0.15) is 0 Å². The molecule has 1 aliphatic rings. The molecule has 2 rings (SSSR count). The lowest BCUT2D eigenvalue weighted by molar-refractivity contribution is -0.121. The van der Waals surface area contributed by atoms with Crippen LogP contribution in [0.2, 0.25) is 0 Å². The highest BCUT2D eigenvalue weighted by atomic mass is 16.2. The van der Waals surface area contributed by atoms with E-state index >= 15 is 0 Å². The molecule has 6 heteroatoms. The molecule has 6 nitrogen and oxygen atoms in total. The molecule has 1 fully saturated rings. The van der Waals surface area contributed by atoms with E-state index in [1.54, 1.807) is 11.8 Å². The van der Waals surface area contributed by atoms with Crippen LogP contribution >= 0.6 is 0 Å². The quantitative estimate of drug-likeness (QED) is 0.685. The number of anilines is 2. The summed E-state index contributed by atoms with van der Waals surface area (Å²) >= 11 is 0. The van der Waals surface area contributed by atoms with Crippen molar-refractivity contribution in [2.45, 2.75) is 32.6 Å². The topological polar surface area (TPSA) is 55.9 Å². The first-order valence-electron chi connectivity index (χ1n) is 9.52. The molecule has 1 heterocycles. The van der Waals surface area contributed by atoms with Gasteiger partial charge in [-0.3, -0.25) is 9.59 Å². The Labute approximate surface area is 157 Å². The highest BCUT2D eigenvalue weighted by molar-refractivity contribution is 5.92. The highest BCUT2D eigenvalue weighted by Gasteiger charge is 2.15. The fourth-order valence-corrected chi connectivity index (χ4v) is 3.21. The highest BCUT2D eigenvalue weighted by Crippen LogP contribution is 2.24. The normalized spacial score (nSPS) is 13.9. The second kappa shape index (κ2) is 10.2. The standard InChI is InChI=1S/C20H32N4O2/c1-17(25)24(16-11-20(26)21-12-6-13-22(2)3)19-9-7-18(8-10-19)23-14-4-5-15-23/h7-10H,4-6,11-16H2,1-3H3,(H,21,26). The average Bonchev–Trinajstić information content (AvgIpc) is 3.13. The molecule has 1 aromatic rings. The Kier molecular flexibility index (Phi) is 7.91. The third-order valence-corrected chi connectivity index (χ3v) is 4.68. The summed E-state index contributed by atoms with van der Waals surface area (Å²) in [4.78, 5) is 30.1. The molecule has 1 saturated heterocycles. The van der Waals surface area contributed by atoms with Crippen LogP contribution < -0.4 is 15.1 Å². The van der Waals surface area contributed by atoms with E-state index in [1.165, 1.54) is 18.5 Å². The molecule has 144 valence electrons. The van der Waals surface area contributed by atoms with Gasteiger partial charge >= 0.3 is 0 Å². The number of hydrogen-bond acceptors (Lipinski definition) is 4. The number of benzene rings is 1. The van der Waals surface area contributed by atoms with Gasteiger partial charge in [0.25, 0.3) is 0 Å². The van der Waals surface area contributed by atoms with Gasteiger partial charge in [-0.15, -0.1) is 0 Å². The monoisotopic (exact) mass is 360 g/mol. The van der Waals surface area contributed by atoms with Gasteiger partial charge in [-0.05, 0) is 64.2 Å². The van der Waals surface area contributed by atoms with Gasteiger partial charge in [0.1, 0.15) is 0 Å². The van der Waals surface area contributed by atoms with Crippen molar-refractivity contribution in [1.29, 1.82) is 0 Å². The number of carbonyl (C=O) groups is 2. The summed E-state index contributed by atoms with van der Waals surface area (Å²) in [5.41, 5.74) is 2.05. The van der Waals surface area contributed by atoms with Crippen molar-refractivity contribution in [3.8, 4) is 0 Å². The molecule has 1 N–H and O–H groups in total. The average molecular weight is 361 g/mol. The second-order valence-electron chi connectivity index (χ2n) is 7.14. The van der Waals surface area contributed by atoms with E-state index in [2.05, 4.69) is 27.2 Å². The number of carbonyl (C=O) groups excluding carboxylic acids is 2. The molecule has 1 aromatic carbocycles. The van der Waals surface area contributed by atoms with Crippen LogP contribution in [0.1, 0.15) is 32.6 Å². The molecule has 1 aliphatic heterocycles. The zero-order chi connectivity index (χ0) is 18.9. The van der Waals surface area contributed by atoms with Crippen LogP contribution in [0, 0.1) is 0 Å². The number of amides is 2. The van der Waals surface area contributed by atoms with Gasteiger partial charge in [0.2, 0.25) is 11.8 Å². The lowest BCUT2D eigenvalue weighted by Crippen LogP contribution is -2.34. The maximum atomic E-state index is 12.0. The zero-order valence-electron chi connectivity index (χ0n) is 16.3. The number of nitrogens with one attached hydrogen (secondary N) is 1. The Morgan fingerprint density at radius 1 is 1.08 bits per heavy atom.